The summed E-state index contributed by atoms with van der Waals surface area (Å²) < 4.78 is 5.49. The number of benzene rings is 1. The van der Waals surface area contributed by atoms with Crippen molar-refractivity contribution in [1.29, 1.82) is 0 Å². The average Bonchev–Trinajstić information content (AvgIpc) is 2.64. The van der Waals surface area contributed by atoms with Crippen molar-refractivity contribution >= 4 is 5.69 Å². The topological polar surface area (TPSA) is 61.7 Å². The largest absolute Gasteiger partial charge is 0.394 e. The molecule has 0 saturated carbocycles. The fourth-order valence-corrected chi connectivity index (χ4v) is 2.00. The maximum absolute atomic E-state index is 9.61. The third-order valence-electron chi connectivity index (χ3n) is 3.24. The van der Waals surface area contributed by atoms with Crippen LogP contribution in [0.5, 0.6) is 0 Å². The lowest BCUT2D eigenvalue weighted by Crippen LogP contribution is -2.25. The lowest BCUT2D eigenvalue weighted by molar-refractivity contribution is -0.0149. The van der Waals surface area contributed by atoms with Crippen molar-refractivity contribution in [3.63, 3.8) is 0 Å². The van der Waals surface area contributed by atoms with E-state index in [1.807, 2.05) is 12.1 Å². The van der Waals surface area contributed by atoms with Crippen LogP contribution in [0, 0.1) is 13.8 Å². The second-order valence-electron chi connectivity index (χ2n) is 4.59. The molecule has 0 radical (unpaired) electrons. The van der Waals surface area contributed by atoms with Gasteiger partial charge in [0, 0.05) is 12.1 Å². The number of rotatable bonds is 3. The molecule has 2 rings (SSSR count). The molecule has 1 aliphatic heterocycles. The lowest BCUT2D eigenvalue weighted by atomic mass is 10.1. The van der Waals surface area contributed by atoms with Gasteiger partial charge in [-0.25, -0.2) is 0 Å². The first kappa shape index (κ1) is 12.4. The predicted octanol–water partition coefficient (Wildman–Crippen LogP) is 1.18. The first-order valence-electron chi connectivity index (χ1n) is 5.88. The van der Waals surface area contributed by atoms with Gasteiger partial charge in [-0.2, -0.15) is 0 Å². The van der Waals surface area contributed by atoms with Crippen LogP contribution in [0.15, 0.2) is 18.2 Å². The van der Waals surface area contributed by atoms with Crippen molar-refractivity contribution in [1.82, 2.24) is 0 Å². The van der Waals surface area contributed by atoms with E-state index < -0.39 is 12.2 Å². The molecule has 4 nitrogen and oxygen atoms in total. The Bertz CT molecular complexity index is 394. The van der Waals surface area contributed by atoms with Crippen molar-refractivity contribution in [2.75, 3.05) is 11.9 Å². The van der Waals surface area contributed by atoms with Gasteiger partial charge in [-0.3, -0.25) is 0 Å². The lowest BCUT2D eigenvalue weighted by Gasteiger charge is -2.15. The molecule has 1 aliphatic rings. The number of hydrogen-bond donors (Lipinski definition) is 3. The zero-order valence-corrected chi connectivity index (χ0v) is 10.2. The highest BCUT2D eigenvalue weighted by Gasteiger charge is 2.33. The van der Waals surface area contributed by atoms with Gasteiger partial charge in [-0.05, 0) is 37.1 Å². The van der Waals surface area contributed by atoms with Crippen LogP contribution in [0.25, 0.3) is 0 Å². The Morgan fingerprint density at radius 1 is 1.35 bits per heavy atom. The molecule has 1 aromatic carbocycles. The molecule has 17 heavy (non-hydrogen) atoms. The Morgan fingerprint density at radius 2 is 2.12 bits per heavy atom. The van der Waals surface area contributed by atoms with Gasteiger partial charge in [0.2, 0.25) is 0 Å². The standard InChI is InChI=1S/C13H19NO3/c1-8-3-4-10(5-9(8)2)14-13-6-11(16)12(7-15)17-13/h3-5,11-16H,6-7H2,1-2H3. The van der Waals surface area contributed by atoms with Crippen LogP contribution in [-0.2, 0) is 4.74 Å². The van der Waals surface area contributed by atoms with E-state index in [1.165, 1.54) is 11.1 Å². The molecule has 1 saturated heterocycles. The molecule has 4 heteroatoms. The highest BCUT2D eigenvalue weighted by Crippen LogP contribution is 2.23. The van der Waals surface area contributed by atoms with Gasteiger partial charge in [0.15, 0.2) is 0 Å². The van der Waals surface area contributed by atoms with Crippen LogP contribution in [0.3, 0.4) is 0 Å². The van der Waals surface area contributed by atoms with Gasteiger partial charge >= 0.3 is 0 Å². The third-order valence-corrected chi connectivity index (χ3v) is 3.24. The molecule has 0 aromatic heterocycles. The van der Waals surface area contributed by atoms with Gasteiger partial charge in [-0.1, -0.05) is 6.07 Å². The second-order valence-corrected chi connectivity index (χ2v) is 4.59. The second kappa shape index (κ2) is 5.04. The normalized spacial score (nSPS) is 28.4. The number of aliphatic hydroxyl groups excluding tert-OH is 2. The molecule has 94 valence electrons. The van der Waals surface area contributed by atoms with E-state index in [0.29, 0.717) is 6.42 Å². The Hall–Kier alpha value is -1.10. The molecule has 3 atom stereocenters. The summed E-state index contributed by atoms with van der Waals surface area (Å²) in [6.07, 6.45) is -0.801. The van der Waals surface area contributed by atoms with Crippen LogP contribution in [0.1, 0.15) is 17.5 Å². The van der Waals surface area contributed by atoms with E-state index in [2.05, 4.69) is 25.2 Å². The molecular formula is C13H19NO3. The minimum Gasteiger partial charge on any atom is -0.394 e. The average molecular weight is 237 g/mol. The van der Waals surface area contributed by atoms with E-state index in [-0.39, 0.29) is 12.8 Å². The number of ether oxygens (including phenoxy) is 1. The van der Waals surface area contributed by atoms with Gasteiger partial charge in [0.1, 0.15) is 12.3 Å². The summed E-state index contributed by atoms with van der Waals surface area (Å²) in [5.41, 5.74) is 3.44. The van der Waals surface area contributed by atoms with Crippen LogP contribution >= 0.6 is 0 Å². The maximum Gasteiger partial charge on any atom is 0.130 e. The molecule has 0 amide bonds. The number of anilines is 1. The maximum atomic E-state index is 9.61. The summed E-state index contributed by atoms with van der Waals surface area (Å²) in [5, 5.41) is 21.8. The summed E-state index contributed by atoms with van der Waals surface area (Å²) in [5.74, 6) is 0. The van der Waals surface area contributed by atoms with Crippen LogP contribution < -0.4 is 5.32 Å². The van der Waals surface area contributed by atoms with Crippen molar-refractivity contribution in [3.05, 3.63) is 29.3 Å². The molecule has 1 fully saturated rings. The van der Waals surface area contributed by atoms with E-state index in [9.17, 15) is 5.11 Å². The monoisotopic (exact) mass is 237 g/mol. The number of aryl methyl sites for hydroxylation is 2. The summed E-state index contributed by atoms with van der Waals surface area (Å²) in [4.78, 5) is 0. The molecule has 1 aromatic rings. The molecule has 1 heterocycles. The van der Waals surface area contributed by atoms with E-state index in [1.54, 1.807) is 0 Å². The Balaban J connectivity index is 2.00. The molecule has 0 bridgehead atoms. The molecule has 0 aliphatic carbocycles. The smallest absolute Gasteiger partial charge is 0.130 e. The van der Waals surface area contributed by atoms with Crippen LogP contribution in [-0.4, -0.2) is 35.3 Å². The van der Waals surface area contributed by atoms with E-state index in [4.69, 9.17) is 9.84 Å². The minimum atomic E-state index is -0.593. The van der Waals surface area contributed by atoms with Gasteiger partial charge in [0.25, 0.3) is 0 Å². The fourth-order valence-electron chi connectivity index (χ4n) is 2.00. The van der Waals surface area contributed by atoms with Crippen molar-refractivity contribution < 1.29 is 14.9 Å². The zero-order chi connectivity index (χ0) is 12.4. The highest BCUT2D eigenvalue weighted by molar-refractivity contribution is 5.48. The number of nitrogens with one attached hydrogen (secondary N) is 1. The first-order valence-corrected chi connectivity index (χ1v) is 5.88. The molecule has 0 spiro atoms. The summed E-state index contributed by atoms with van der Waals surface area (Å²) >= 11 is 0. The van der Waals surface area contributed by atoms with E-state index >= 15 is 0 Å². The Labute approximate surface area is 101 Å². The molecule has 3 unspecified atom stereocenters. The summed E-state index contributed by atoms with van der Waals surface area (Å²) in [6, 6.07) is 6.09. The Kier molecular flexibility index (Phi) is 3.66. The molecule has 3 N–H and O–H groups in total. The highest BCUT2D eigenvalue weighted by atomic mass is 16.5. The quantitative estimate of drug-likeness (QED) is 0.739. The molecular weight excluding hydrogens is 218 g/mol. The summed E-state index contributed by atoms with van der Waals surface area (Å²) in [7, 11) is 0. The predicted molar refractivity (Wildman–Crippen MR) is 65.9 cm³/mol. The zero-order valence-electron chi connectivity index (χ0n) is 10.2. The van der Waals surface area contributed by atoms with Gasteiger partial charge < -0.3 is 20.3 Å². The fraction of sp³-hybridized carbons (Fsp3) is 0.538. The van der Waals surface area contributed by atoms with Crippen molar-refractivity contribution in [2.45, 2.75) is 38.7 Å². The SMILES string of the molecule is Cc1ccc(NC2CC(O)C(CO)O2)cc1C. The van der Waals surface area contributed by atoms with Crippen LogP contribution in [0.2, 0.25) is 0 Å². The van der Waals surface area contributed by atoms with E-state index in [0.717, 1.165) is 5.69 Å². The van der Waals surface area contributed by atoms with Crippen LogP contribution in [0.4, 0.5) is 5.69 Å². The first-order chi connectivity index (χ1) is 8.10. The van der Waals surface area contributed by atoms with Crippen molar-refractivity contribution in [2.24, 2.45) is 0 Å². The van der Waals surface area contributed by atoms with Gasteiger partial charge in [-0.15, -0.1) is 0 Å². The summed E-state index contributed by atoms with van der Waals surface area (Å²) in [6.45, 7) is 3.98. The Morgan fingerprint density at radius 3 is 2.71 bits per heavy atom. The van der Waals surface area contributed by atoms with Crippen molar-refractivity contribution in [3.8, 4) is 0 Å². The number of hydrogen-bond acceptors (Lipinski definition) is 4. The number of aliphatic hydroxyl groups is 2. The minimum absolute atomic E-state index is 0.147. The van der Waals surface area contributed by atoms with Gasteiger partial charge in [0.05, 0.1) is 12.7 Å². The third kappa shape index (κ3) is 2.77.